The Kier molecular flexibility index (Phi) is 5.05. The van der Waals surface area contributed by atoms with Gasteiger partial charge in [0.05, 0.1) is 0 Å². The van der Waals surface area contributed by atoms with Crippen molar-refractivity contribution in [1.29, 1.82) is 0 Å². The first kappa shape index (κ1) is 26.6. The van der Waals surface area contributed by atoms with Crippen LogP contribution in [0.5, 0.6) is 0 Å². The third-order valence-corrected chi connectivity index (χ3v) is 11.5. The minimum atomic E-state index is 0.353. The fraction of sp³-hybridized carbons (Fsp3) is 0.125. The molecule has 11 rings (SSSR count). The average molecular weight is 611 g/mol. The van der Waals surface area contributed by atoms with Gasteiger partial charge in [0.2, 0.25) is 0 Å². The molecule has 0 aromatic heterocycles. The molecule has 0 radical (unpaired) electrons. The van der Waals surface area contributed by atoms with Gasteiger partial charge in [-0.3, -0.25) is 0 Å². The van der Waals surface area contributed by atoms with Crippen LogP contribution in [0.1, 0.15) is 50.7 Å². The molecule has 0 bridgehead atoms. The van der Waals surface area contributed by atoms with Crippen molar-refractivity contribution in [3.05, 3.63) is 132 Å². The zero-order chi connectivity index (χ0) is 32.0. The van der Waals surface area contributed by atoms with Gasteiger partial charge in [0.15, 0.2) is 0 Å². The molecule has 0 heterocycles. The Morgan fingerprint density at radius 3 is 1.44 bits per heavy atom. The van der Waals surface area contributed by atoms with Gasteiger partial charge in [-0.05, 0) is 162 Å². The van der Waals surface area contributed by atoms with E-state index in [1.807, 2.05) is 0 Å². The Morgan fingerprint density at radius 2 is 0.792 bits per heavy atom. The second kappa shape index (κ2) is 9.12. The Bertz CT molecular complexity index is 3040. The topological polar surface area (TPSA) is 0 Å². The summed E-state index contributed by atoms with van der Waals surface area (Å²) in [4.78, 5) is 0. The fourth-order valence-corrected chi connectivity index (χ4v) is 9.68. The molecule has 0 heteroatoms. The highest BCUT2D eigenvalue weighted by molar-refractivity contribution is 6.34. The van der Waals surface area contributed by atoms with E-state index in [4.69, 9.17) is 0 Å². The lowest BCUT2D eigenvalue weighted by Gasteiger charge is -2.25. The number of hydrogen-bond acceptors (Lipinski definition) is 0. The van der Waals surface area contributed by atoms with Gasteiger partial charge in [0, 0.05) is 0 Å². The van der Waals surface area contributed by atoms with Gasteiger partial charge in [-0.25, -0.2) is 0 Å². The molecule has 0 aliphatic heterocycles. The lowest BCUT2D eigenvalue weighted by molar-refractivity contribution is 0.864. The molecular weight excluding hydrogens is 577 g/mol. The molecule has 0 fully saturated rings. The molecule has 0 spiro atoms. The van der Waals surface area contributed by atoms with Crippen LogP contribution < -0.4 is 0 Å². The van der Waals surface area contributed by atoms with E-state index in [9.17, 15) is 0 Å². The van der Waals surface area contributed by atoms with Gasteiger partial charge in [-0.2, -0.15) is 0 Å². The van der Waals surface area contributed by atoms with Crippen LogP contribution in [0, 0.1) is 0 Å². The second-order valence-electron chi connectivity index (χ2n) is 14.8. The van der Waals surface area contributed by atoms with Crippen LogP contribution in [0.3, 0.4) is 0 Å². The van der Waals surface area contributed by atoms with Gasteiger partial charge in [-0.1, -0.05) is 119 Å². The summed E-state index contributed by atoms with van der Waals surface area (Å²) in [6.07, 6.45) is 0. The highest BCUT2D eigenvalue weighted by atomic mass is 14.4. The van der Waals surface area contributed by atoms with Crippen molar-refractivity contribution in [3.8, 4) is 22.3 Å². The summed E-state index contributed by atoms with van der Waals surface area (Å²) in [7, 11) is 0. The quantitative estimate of drug-likeness (QED) is 0.135. The second-order valence-corrected chi connectivity index (χ2v) is 14.8. The van der Waals surface area contributed by atoms with E-state index in [0.29, 0.717) is 11.8 Å². The Balaban J connectivity index is 1.39. The van der Waals surface area contributed by atoms with E-state index in [1.54, 1.807) is 0 Å². The molecule has 0 saturated heterocycles. The summed E-state index contributed by atoms with van der Waals surface area (Å²) >= 11 is 0. The minimum absolute atomic E-state index is 0.353. The zero-order valence-electron chi connectivity index (χ0n) is 27.7. The van der Waals surface area contributed by atoms with Crippen LogP contribution in [0.15, 0.2) is 121 Å². The largest absolute Gasteiger partial charge is 0.0616 e. The van der Waals surface area contributed by atoms with Crippen LogP contribution in [-0.4, -0.2) is 0 Å². The van der Waals surface area contributed by atoms with Gasteiger partial charge in [-0.15, -0.1) is 0 Å². The van der Waals surface area contributed by atoms with Crippen LogP contribution in [-0.2, 0) is 0 Å². The summed E-state index contributed by atoms with van der Waals surface area (Å²) in [5.74, 6) is 0.712. The molecule has 226 valence electrons. The average Bonchev–Trinajstić information content (AvgIpc) is 3.42. The SMILES string of the molecule is CC(C)c1c2c(c(C(C)C)c3cc4c5cc6ccccc6cc5c5ccccc5c4cc13)-c1cc3cccc4ccc5ccc-2c1c5c43. The first-order valence-electron chi connectivity index (χ1n) is 17.5. The first-order valence-corrected chi connectivity index (χ1v) is 17.5. The predicted octanol–water partition coefficient (Wildman–Crippen LogP) is 14.2. The predicted molar refractivity (Wildman–Crippen MR) is 210 cm³/mol. The molecule has 0 saturated carbocycles. The van der Waals surface area contributed by atoms with Crippen LogP contribution in [0.2, 0.25) is 0 Å². The Morgan fingerprint density at radius 1 is 0.312 bits per heavy atom. The molecule has 10 aromatic rings. The van der Waals surface area contributed by atoms with E-state index in [2.05, 4.69) is 149 Å². The smallest absolute Gasteiger partial charge is 0.00135 e. The van der Waals surface area contributed by atoms with E-state index < -0.39 is 0 Å². The molecule has 48 heavy (non-hydrogen) atoms. The lowest BCUT2D eigenvalue weighted by Crippen LogP contribution is -2.02. The van der Waals surface area contributed by atoms with Crippen molar-refractivity contribution in [3.63, 3.8) is 0 Å². The summed E-state index contributed by atoms with van der Waals surface area (Å²) in [6.45, 7) is 9.59. The first-order chi connectivity index (χ1) is 23.5. The van der Waals surface area contributed by atoms with Crippen molar-refractivity contribution < 1.29 is 0 Å². The van der Waals surface area contributed by atoms with Gasteiger partial charge in [0.25, 0.3) is 0 Å². The van der Waals surface area contributed by atoms with E-state index >= 15 is 0 Å². The molecule has 1 aliphatic rings. The van der Waals surface area contributed by atoms with Crippen molar-refractivity contribution >= 4 is 86.2 Å². The number of fused-ring (bicyclic) bond motifs is 11. The maximum atomic E-state index is 2.58. The van der Waals surface area contributed by atoms with Gasteiger partial charge in [0.1, 0.15) is 0 Å². The Hall–Kier alpha value is -5.46. The molecule has 10 aromatic carbocycles. The van der Waals surface area contributed by atoms with Crippen LogP contribution in [0.4, 0.5) is 0 Å². The van der Waals surface area contributed by atoms with E-state index in [0.717, 1.165) is 0 Å². The third-order valence-electron chi connectivity index (χ3n) is 11.5. The van der Waals surface area contributed by atoms with Gasteiger partial charge < -0.3 is 0 Å². The highest BCUT2D eigenvalue weighted by Crippen LogP contribution is 2.58. The highest BCUT2D eigenvalue weighted by Gasteiger charge is 2.33. The minimum Gasteiger partial charge on any atom is -0.0616 e. The Labute approximate surface area is 279 Å². The number of hydrogen-bond donors (Lipinski definition) is 0. The van der Waals surface area contributed by atoms with Gasteiger partial charge >= 0.3 is 0 Å². The van der Waals surface area contributed by atoms with Crippen LogP contribution >= 0.6 is 0 Å². The molecule has 0 atom stereocenters. The van der Waals surface area contributed by atoms with E-state index in [-0.39, 0.29) is 0 Å². The molecule has 1 aliphatic carbocycles. The van der Waals surface area contributed by atoms with Crippen LogP contribution in [0.25, 0.3) is 108 Å². The lowest BCUT2D eigenvalue weighted by atomic mass is 9.79. The standard InChI is InChI=1S/C48H34/c1-25(2)42-39-23-37-33-15-8-7-14-32(33)35-20-29-10-5-6-11-30(29)21-36(35)38(37)24-40(39)43(26(3)4)48-41-22-31-13-9-12-27-16-17-28-18-19-34(47(42)48)46(41)45(28)44(27)31/h5-26H,1-4H3. The number of rotatable bonds is 2. The molecule has 0 N–H and O–H groups in total. The zero-order valence-corrected chi connectivity index (χ0v) is 27.7. The third kappa shape index (κ3) is 3.21. The normalized spacial score (nSPS) is 13.0. The molecule has 0 amide bonds. The molecular formula is C48H34. The number of benzene rings is 10. The van der Waals surface area contributed by atoms with Crippen molar-refractivity contribution in [2.24, 2.45) is 0 Å². The maximum absolute atomic E-state index is 2.58. The molecule has 0 unspecified atom stereocenters. The van der Waals surface area contributed by atoms with E-state index in [1.165, 1.54) is 120 Å². The molecule has 0 nitrogen and oxygen atoms in total. The van der Waals surface area contributed by atoms with Crippen molar-refractivity contribution in [2.45, 2.75) is 39.5 Å². The summed E-state index contributed by atoms with van der Waals surface area (Å²) in [5.41, 5.74) is 8.72. The maximum Gasteiger partial charge on any atom is -0.00135 e. The summed E-state index contributed by atoms with van der Waals surface area (Å²) in [6, 6.07) is 46.6. The summed E-state index contributed by atoms with van der Waals surface area (Å²) < 4.78 is 0. The monoisotopic (exact) mass is 610 g/mol. The van der Waals surface area contributed by atoms with Crippen molar-refractivity contribution in [2.75, 3.05) is 0 Å². The van der Waals surface area contributed by atoms with Crippen molar-refractivity contribution in [1.82, 2.24) is 0 Å². The fourth-order valence-electron chi connectivity index (χ4n) is 9.68. The summed E-state index contributed by atoms with van der Waals surface area (Å²) in [5, 5.41) is 21.7.